The van der Waals surface area contributed by atoms with Crippen LogP contribution in [0.1, 0.15) is 92.0 Å². The molecule has 3 aromatic carbocycles. The molecule has 4 aliphatic rings. The minimum absolute atomic E-state index is 0.0456. The summed E-state index contributed by atoms with van der Waals surface area (Å²) < 4.78 is 12.7. The van der Waals surface area contributed by atoms with Gasteiger partial charge in [0, 0.05) is 38.4 Å². The van der Waals surface area contributed by atoms with Crippen molar-refractivity contribution in [1.29, 1.82) is 0 Å². The largest absolute Gasteiger partial charge is 0.437 e. The standard InChI is InChI=1S/C46H50N4O5/c1-2-3-5-12-37(51)27-38(52)17-13-32-14-20-43-44(24-32)55-46-33(11-8-23-54-43)16-19-42(53)39-18-15-34(45(47)48-22-21-31-9-6-4-7-10-31)25-35(39)26-36-28-49-41-30-50(46)29-40(36)41/h4,6-7,9-10,14-15,18,20,24-25,28-29,33,37,42,45-46,48,51,53H,2-3,5,11-13,17,21-22,26-27,30,47H2,1H3/p+1/t33-,37+,42+,45+,46-/m0/s1. The normalized spacial score (nSPS) is 21.8. The van der Waals surface area contributed by atoms with Crippen molar-refractivity contribution in [1.82, 2.24) is 5.32 Å². The molecule has 4 heterocycles. The first-order valence-corrected chi connectivity index (χ1v) is 19.7. The molecule has 9 nitrogen and oxygen atoms in total. The lowest BCUT2D eigenvalue weighted by Gasteiger charge is -2.27. The van der Waals surface area contributed by atoms with Crippen LogP contribution in [0, 0.1) is 29.8 Å². The second-order valence-corrected chi connectivity index (χ2v) is 14.9. The Hall–Kier alpha value is -5.00. The van der Waals surface area contributed by atoms with E-state index in [0.717, 1.165) is 76.2 Å². The van der Waals surface area contributed by atoms with Crippen LogP contribution in [-0.2, 0) is 24.1 Å². The van der Waals surface area contributed by atoms with Crippen LogP contribution in [0.4, 0.5) is 0 Å². The van der Waals surface area contributed by atoms with Crippen molar-refractivity contribution in [2.45, 2.75) is 95.7 Å². The Morgan fingerprint density at radius 1 is 1.05 bits per heavy atom. The summed E-state index contributed by atoms with van der Waals surface area (Å²) in [5, 5.41) is 25.4. The summed E-state index contributed by atoms with van der Waals surface area (Å²) in [4.78, 5) is 18.6. The van der Waals surface area contributed by atoms with Gasteiger partial charge in [-0.05, 0) is 64.8 Å². The highest BCUT2D eigenvalue weighted by atomic mass is 16.5. The second-order valence-electron chi connectivity index (χ2n) is 14.9. The number of aliphatic imine (C=N–C) groups is 1. The Bertz CT molecular complexity index is 2090. The van der Waals surface area contributed by atoms with Gasteiger partial charge in [0.2, 0.25) is 0 Å². The number of fused-ring (bicyclic) bond motifs is 5. The molecule has 0 aliphatic carbocycles. The van der Waals surface area contributed by atoms with Gasteiger partial charge in [-0.3, -0.25) is 20.0 Å². The predicted molar refractivity (Wildman–Crippen MR) is 213 cm³/mol. The molecule has 4 aliphatic heterocycles. The van der Waals surface area contributed by atoms with Crippen molar-refractivity contribution in [3.8, 4) is 35.4 Å². The molecule has 55 heavy (non-hydrogen) atoms. The minimum atomic E-state index is -1.04. The van der Waals surface area contributed by atoms with Crippen LogP contribution in [0.15, 0.2) is 95.3 Å². The molecule has 0 radical (unpaired) electrons. The Labute approximate surface area is 324 Å². The van der Waals surface area contributed by atoms with Crippen LogP contribution >= 0.6 is 0 Å². The molecule has 6 atom stereocenters. The zero-order valence-corrected chi connectivity index (χ0v) is 31.5. The van der Waals surface area contributed by atoms with Crippen molar-refractivity contribution in [2.24, 2.45) is 16.6 Å². The third kappa shape index (κ3) is 9.63. The Morgan fingerprint density at radius 3 is 2.78 bits per heavy atom. The number of hydrogen-bond donors (Lipinski definition) is 5. The number of quaternary nitrogens is 1. The highest BCUT2D eigenvalue weighted by Gasteiger charge is 2.40. The number of carbonyl (C=O) groups is 1. The second kappa shape index (κ2) is 18.1. The van der Waals surface area contributed by atoms with Gasteiger partial charge in [-0.1, -0.05) is 98.5 Å². The molecule has 3 aromatic rings. The van der Waals surface area contributed by atoms with E-state index in [1.165, 1.54) is 5.56 Å². The number of Topliss-reactive ketones (excluding diaryl/α,β-unsaturated/α-hetero) is 1. The average molecular weight is 740 g/mol. The number of nitrogens with zero attached hydrogens (tertiary/aromatic N) is 1. The van der Waals surface area contributed by atoms with E-state index in [0.29, 0.717) is 50.1 Å². The molecule has 1 unspecified atom stereocenters. The van der Waals surface area contributed by atoms with E-state index in [1.54, 1.807) is 0 Å². The number of hydrogen-bond acceptors (Lipinski definition) is 8. The lowest BCUT2D eigenvalue weighted by molar-refractivity contribution is -0.886. The Morgan fingerprint density at radius 2 is 1.93 bits per heavy atom. The quantitative estimate of drug-likeness (QED) is 0.0914. The topological polar surface area (TPSA) is 131 Å². The molecule has 0 amide bonds. The maximum atomic E-state index is 12.7. The van der Waals surface area contributed by atoms with Gasteiger partial charge in [-0.25, -0.2) is 0 Å². The number of benzene rings is 3. The molecule has 0 saturated heterocycles. The van der Waals surface area contributed by atoms with Crippen molar-refractivity contribution in [3.05, 3.63) is 118 Å². The number of unbranched alkanes of at least 4 members (excludes halogenated alkanes) is 2. The fourth-order valence-electron chi connectivity index (χ4n) is 7.69. The van der Waals surface area contributed by atoms with Crippen LogP contribution in [0.3, 0.4) is 0 Å². The smallest absolute Gasteiger partial charge is 0.251 e. The summed E-state index contributed by atoms with van der Waals surface area (Å²) in [6.07, 6.45) is 11.0. The number of ether oxygens (including phenoxy) is 2. The van der Waals surface area contributed by atoms with Crippen molar-refractivity contribution in [3.63, 3.8) is 0 Å². The third-order valence-electron chi connectivity index (χ3n) is 10.8. The van der Waals surface area contributed by atoms with Gasteiger partial charge in [0.1, 0.15) is 42.4 Å². The molecular weight excluding hydrogens is 689 g/mol. The molecule has 7 rings (SSSR count). The van der Waals surface area contributed by atoms with Gasteiger partial charge in [0.15, 0.2) is 11.5 Å². The number of nitrogens with two attached hydrogens (primary N) is 1. The lowest BCUT2D eigenvalue weighted by atomic mass is 9.91. The first kappa shape index (κ1) is 38.3. The average Bonchev–Trinajstić information content (AvgIpc) is 3.79. The fraction of sp³-hybridized carbons (Fsp3) is 0.391. The van der Waals surface area contributed by atoms with Crippen LogP contribution in [0.5, 0.6) is 11.5 Å². The van der Waals surface area contributed by atoms with Gasteiger partial charge in [0.05, 0.1) is 17.8 Å². The summed E-state index contributed by atoms with van der Waals surface area (Å²) >= 11 is 0. The predicted octanol–water partition coefficient (Wildman–Crippen LogP) is 4.79. The molecule has 6 N–H and O–H groups in total. The zero-order chi connectivity index (χ0) is 38.1. The number of aliphatic hydroxyl groups is 2. The zero-order valence-electron chi connectivity index (χ0n) is 31.5. The molecule has 2 bridgehead atoms. The summed E-state index contributed by atoms with van der Waals surface area (Å²) in [5.41, 5.74) is 14.6. The fourth-order valence-corrected chi connectivity index (χ4v) is 7.69. The molecule has 0 saturated carbocycles. The summed E-state index contributed by atoms with van der Waals surface area (Å²) in [7, 11) is 0. The van der Waals surface area contributed by atoms with E-state index < -0.39 is 18.4 Å². The first-order chi connectivity index (χ1) is 26.8. The molecule has 0 aromatic heterocycles. The van der Waals surface area contributed by atoms with Crippen LogP contribution < -0.4 is 25.4 Å². The van der Waals surface area contributed by atoms with E-state index in [-0.39, 0.29) is 24.3 Å². The summed E-state index contributed by atoms with van der Waals surface area (Å²) in [5.74, 6) is 10.4. The number of allylic oxidation sites excluding steroid dienone is 1. The summed E-state index contributed by atoms with van der Waals surface area (Å²) in [6, 6.07) is 22.0. The van der Waals surface area contributed by atoms with Gasteiger partial charge in [-0.15, -0.1) is 0 Å². The third-order valence-corrected chi connectivity index (χ3v) is 10.8. The van der Waals surface area contributed by atoms with Gasteiger partial charge in [-0.2, -0.15) is 0 Å². The summed E-state index contributed by atoms with van der Waals surface area (Å²) in [6.45, 7) is 3.47. The number of ketones is 1. The van der Waals surface area contributed by atoms with E-state index in [4.69, 9.17) is 20.2 Å². The van der Waals surface area contributed by atoms with Gasteiger partial charge >= 0.3 is 0 Å². The van der Waals surface area contributed by atoms with E-state index in [9.17, 15) is 15.0 Å². The molecule has 0 fully saturated rings. The maximum Gasteiger partial charge on any atom is 0.251 e. The van der Waals surface area contributed by atoms with Crippen LogP contribution in [0.25, 0.3) is 0 Å². The number of rotatable bonds is 14. The van der Waals surface area contributed by atoms with Crippen molar-refractivity contribution < 1.29 is 29.4 Å². The number of aryl methyl sites for hydroxylation is 1. The highest BCUT2D eigenvalue weighted by molar-refractivity contribution is 6.08. The van der Waals surface area contributed by atoms with E-state index >= 15 is 0 Å². The first-order valence-electron chi connectivity index (χ1n) is 19.7. The van der Waals surface area contributed by atoms with Crippen molar-refractivity contribution >= 4 is 11.5 Å². The van der Waals surface area contributed by atoms with Gasteiger partial charge in [0.25, 0.3) is 6.23 Å². The minimum Gasteiger partial charge on any atom is -0.437 e. The molecule has 9 heteroatoms. The van der Waals surface area contributed by atoms with Crippen LogP contribution in [-0.4, -0.2) is 47.1 Å². The maximum absolute atomic E-state index is 12.7. The molecular formula is C46H51N4O5+. The highest BCUT2D eigenvalue weighted by Crippen LogP contribution is 2.33. The SMILES string of the molecule is CCCCC[C@@H](O)CC(=O)CCc1ccc2c(c1)O[C@H]1[C@H](C#C[C@@H](O)c3ccc([C@H](N)NCCc4ccccc4)cc3CC3=CN=C4C[NH+]1C=C34)CC#CO2. The molecule has 284 valence electrons. The van der Waals surface area contributed by atoms with E-state index in [2.05, 4.69) is 60.5 Å². The number of nitrogens with one attached hydrogen (secondary N) is 2. The van der Waals surface area contributed by atoms with Gasteiger partial charge < -0.3 is 25.4 Å². The Kier molecular flexibility index (Phi) is 12.6. The Balaban J connectivity index is 1.11. The number of carbonyl (C=O) groups excluding carboxylic acids is 1. The molecule has 0 spiro atoms. The van der Waals surface area contributed by atoms with Crippen molar-refractivity contribution in [2.75, 3.05) is 13.1 Å². The monoisotopic (exact) mass is 739 g/mol. The number of aliphatic hydroxyl groups excluding tert-OH is 2. The van der Waals surface area contributed by atoms with E-state index in [1.807, 2.05) is 54.7 Å². The van der Waals surface area contributed by atoms with Crippen LogP contribution in [0.2, 0.25) is 0 Å². The lowest BCUT2D eigenvalue weighted by Crippen LogP contribution is -3.13.